The molecule has 2 aliphatic heterocycles. The molecule has 184 valence electrons. The molecule has 2 fully saturated rings. The third kappa shape index (κ3) is 5.03. The molecule has 0 bridgehead atoms. The molecule has 2 saturated heterocycles. The minimum Gasteiger partial charge on any atom is -0.335 e. The van der Waals surface area contributed by atoms with Gasteiger partial charge in [-0.15, -0.1) is 0 Å². The fourth-order valence-electron chi connectivity index (χ4n) is 4.77. The van der Waals surface area contributed by atoms with Crippen LogP contribution >= 0.6 is 0 Å². The van der Waals surface area contributed by atoms with Crippen LogP contribution in [0.1, 0.15) is 36.2 Å². The molecular weight excluding hydrogens is 462 g/mol. The molecule has 0 aliphatic carbocycles. The first-order valence-electron chi connectivity index (χ1n) is 12.3. The Labute approximate surface area is 206 Å². The molecule has 0 atom stereocenters. The van der Waals surface area contributed by atoms with Gasteiger partial charge < -0.3 is 4.90 Å². The molecule has 0 radical (unpaired) electrons. The Morgan fingerprint density at radius 2 is 1.29 bits per heavy atom. The lowest BCUT2D eigenvalue weighted by Gasteiger charge is -2.36. The largest absolute Gasteiger partial charge is 0.335 e. The standard InChI is InChI=1S/C26H31N5O3S/c32-26(28-17-19-30(20-18-28)35(33,34)29-15-9-1-2-10-16-29)25-21-24(22-11-5-3-6-12-22)27-31(25)23-13-7-4-8-14-23/h3-8,11-14,21H,1-2,9-10,15-20H2. The van der Waals surface area contributed by atoms with Gasteiger partial charge in [0, 0.05) is 44.8 Å². The Bertz CT molecular complexity index is 1240. The highest BCUT2D eigenvalue weighted by molar-refractivity contribution is 7.86. The van der Waals surface area contributed by atoms with Gasteiger partial charge in [0.2, 0.25) is 0 Å². The molecule has 0 unspecified atom stereocenters. The summed E-state index contributed by atoms with van der Waals surface area (Å²) < 4.78 is 31.2. The van der Waals surface area contributed by atoms with Crippen molar-refractivity contribution in [3.63, 3.8) is 0 Å². The van der Waals surface area contributed by atoms with Crippen molar-refractivity contribution in [1.29, 1.82) is 0 Å². The maximum absolute atomic E-state index is 13.6. The van der Waals surface area contributed by atoms with Crippen molar-refractivity contribution >= 4 is 16.1 Å². The number of hydrogen-bond acceptors (Lipinski definition) is 4. The number of carbonyl (C=O) groups excluding carboxylic acids is 1. The topological polar surface area (TPSA) is 78.8 Å². The Morgan fingerprint density at radius 3 is 1.91 bits per heavy atom. The second kappa shape index (κ2) is 10.3. The molecule has 3 aromatic rings. The number of benzene rings is 2. The maximum Gasteiger partial charge on any atom is 0.282 e. The molecule has 9 heteroatoms. The second-order valence-corrected chi connectivity index (χ2v) is 11.0. The van der Waals surface area contributed by atoms with E-state index < -0.39 is 10.2 Å². The fourth-order valence-corrected chi connectivity index (χ4v) is 6.44. The van der Waals surface area contributed by atoms with Crippen LogP contribution in [0.3, 0.4) is 0 Å². The molecule has 0 spiro atoms. The van der Waals surface area contributed by atoms with E-state index >= 15 is 0 Å². The smallest absolute Gasteiger partial charge is 0.282 e. The predicted molar refractivity (Wildman–Crippen MR) is 135 cm³/mol. The van der Waals surface area contributed by atoms with Gasteiger partial charge in [0.25, 0.3) is 16.1 Å². The highest BCUT2D eigenvalue weighted by Gasteiger charge is 2.34. The lowest BCUT2D eigenvalue weighted by Crippen LogP contribution is -2.54. The Hall–Kier alpha value is -3.01. The van der Waals surface area contributed by atoms with Crippen LogP contribution in [-0.4, -0.2) is 76.9 Å². The zero-order valence-corrected chi connectivity index (χ0v) is 20.6. The summed E-state index contributed by atoms with van der Waals surface area (Å²) >= 11 is 0. The van der Waals surface area contributed by atoms with E-state index in [0.29, 0.717) is 45.0 Å². The molecule has 2 aromatic carbocycles. The minimum absolute atomic E-state index is 0.143. The van der Waals surface area contributed by atoms with E-state index in [4.69, 9.17) is 5.10 Å². The molecule has 2 aliphatic rings. The summed E-state index contributed by atoms with van der Waals surface area (Å²) in [5.74, 6) is -0.143. The van der Waals surface area contributed by atoms with Gasteiger partial charge in [-0.2, -0.15) is 22.1 Å². The molecule has 5 rings (SSSR count). The van der Waals surface area contributed by atoms with Crippen LogP contribution in [0.15, 0.2) is 66.7 Å². The van der Waals surface area contributed by atoms with Gasteiger partial charge in [-0.25, -0.2) is 4.68 Å². The summed E-state index contributed by atoms with van der Waals surface area (Å²) in [6.07, 6.45) is 3.97. The highest BCUT2D eigenvalue weighted by atomic mass is 32.2. The number of para-hydroxylation sites is 1. The lowest BCUT2D eigenvalue weighted by atomic mass is 10.1. The number of rotatable bonds is 5. The van der Waals surface area contributed by atoms with Crippen LogP contribution in [0.25, 0.3) is 16.9 Å². The lowest BCUT2D eigenvalue weighted by molar-refractivity contribution is 0.0685. The van der Waals surface area contributed by atoms with Crippen molar-refractivity contribution in [2.45, 2.75) is 25.7 Å². The molecule has 3 heterocycles. The second-order valence-electron chi connectivity index (χ2n) is 9.04. The van der Waals surface area contributed by atoms with Gasteiger partial charge in [-0.3, -0.25) is 4.79 Å². The quantitative estimate of drug-likeness (QED) is 0.546. The highest BCUT2D eigenvalue weighted by Crippen LogP contribution is 2.24. The van der Waals surface area contributed by atoms with Crippen molar-refractivity contribution in [3.8, 4) is 16.9 Å². The van der Waals surface area contributed by atoms with E-state index in [-0.39, 0.29) is 5.91 Å². The van der Waals surface area contributed by atoms with E-state index in [1.54, 1.807) is 13.9 Å². The third-order valence-electron chi connectivity index (χ3n) is 6.74. The first-order valence-corrected chi connectivity index (χ1v) is 13.7. The monoisotopic (exact) mass is 493 g/mol. The normalized spacial score (nSPS) is 18.3. The van der Waals surface area contributed by atoms with Gasteiger partial charge in [0.15, 0.2) is 0 Å². The van der Waals surface area contributed by atoms with Crippen molar-refractivity contribution in [1.82, 2.24) is 23.3 Å². The summed E-state index contributed by atoms with van der Waals surface area (Å²) in [6, 6.07) is 21.2. The van der Waals surface area contributed by atoms with Crippen LogP contribution in [0, 0.1) is 0 Å². The average Bonchev–Trinajstić information content (AvgIpc) is 3.16. The van der Waals surface area contributed by atoms with Gasteiger partial charge in [-0.1, -0.05) is 61.4 Å². The van der Waals surface area contributed by atoms with E-state index in [9.17, 15) is 13.2 Å². The molecule has 0 saturated carbocycles. The Balaban J connectivity index is 1.36. The van der Waals surface area contributed by atoms with Gasteiger partial charge in [-0.05, 0) is 31.0 Å². The van der Waals surface area contributed by atoms with Crippen LogP contribution in [0.2, 0.25) is 0 Å². The Morgan fingerprint density at radius 1 is 0.714 bits per heavy atom. The molecule has 35 heavy (non-hydrogen) atoms. The van der Waals surface area contributed by atoms with Crippen LogP contribution in [0.4, 0.5) is 0 Å². The predicted octanol–water partition coefficient (Wildman–Crippen LogP) is 3.42. The molecule has 8 nitrogen and oxygen atoms in total. The minimum atomic E-state index is -3.49. The molecule has 1 amide bonds. The SMILES string of the molecule is O=C(c1cc(-c2ccccc2)nn1-c1ccccc1)N1CCN(S(=O)(=O)N2CCCCCC2)CC1. The van der Waals surface area contributed by atoms with E-state index in [2.05, 4.69) is 0 Å². The summed E-state index contributed by atoms with van der Waals surface area (Å²) in [4.78, 5) is 15.4. The number of nitrogens with zero attached hydrogens (tertiary/aromatic N) is 5. The van der Waals surface area contributed by atoms with Crippen LogP contribution in [0.5, 0.6) is 0 Å². The van der Waals surface area contributed by atoms with Gasteiger partial charge in [0.1, 0.15) is 5.69 Å². The van der Waals surface area contributed by atoms with Crippen molar-refractivity contribution in [2.24, 2.45) is 0 Å². The first-order chi connectivity index (χ1) is 17.0. The molecular formula is C26H31N5O3S. The van der Waals surface area contributed by atoms with E-state index in [1.807, 2.05) is 66.7 Å². The first kappa shape index (κ1) is 23.7. The maximum atomic E-state index is 13.6. The van der Waals surface area contributed by atoms with E-state index in [1.165, 1.54) is 4.31 Å². The summed E-state index contributed by atoms with van der Waals surface area (Å²) in [6.45, 7) is 2.48. The summed E-state index contributed by atoms with van der Waals surface area (Å²) in [5, 5.41) is 4.75. The summed E-state index contributed by atoms with van der Waals surface area (Å²) in [5.41, 5.74) is 2.93. The van der Waals surface area contributed by atoms with Gasteiger partial charge in [0.05, 0.1) is 11.4 Å². The van der Waals surface area contributed by atoms with Crippen molar-refractivity contribution in [3.05, 3.63) is 72.4 Å². The van der Waals surface area contributed by atoms with Gasteiger partial charge >= 0.3 is 0 Å². The number of hydrogen-bond donors (Lipinski definition) is 0. The van der Waals surface area contributed by atoms with Crippen molar-refractivity contribution in [2.75, 3.05) is 39.3 Å². The van der Waals surface area contributed by atoms with Crippen LogP contribution in [-0.2, 0) is 10.2 Å². The fraction of sp³-hybridized carbons (Fsp3) is 0.385. The number of amides is 1. The molecule has 0 N–H and O–H groups in total. The zero-order valence-electron chi connectivity index (χ0n) is 19.8. The average molecular weight is 494 g/mol. The number of piperazine rings is 1. The number of carbonyl (C=O) groups is 1. The number of aromatic nitrogens is 2. The zero-order chi connectivity index (χ0) is 24.3. The third-order valence-corrected chi connectivity index (χ3v) is 8.78. The summed E-state index contributed by atoms with van der Waals surface area (Å²) in [7, 11) is -3.49. The van der Waals surface area contributed by atoms with Crippen molar-refractivity contribution < 1.29 is 13.2 Å². The Kier molecular flexibility index (Phi) is 6.99. The molecule has 1 aromatic heterocycles. The van der Waals surface area contributed by atoms with Crippen LogP contribution < -0.4 is 0 Å². The van der Waals surface area contributed by atoms with E-state index in [0.717, 1.165) is 42.6 Å².